The minimum absolute atomic E-state index is 0.0225. The summed E-state index contributed by atoms with van der Waals surface area (Å²) in [5, 5.41) is 0. The van der Waals surface area contributed by atoms with Gasteiger partial charge in [-0.3, -0.25) is 4.79 Å². The maximum Gasteiger partial charge on any atom is 0.410 e. The van der Waals surface area contributed by atoms with E-state index in [0.29, 0.717) is 55.2 Å². The molecule has 2 aromatic rings. The number of halogens is 1. The second-order valence-electron chi connectivity index (χ2n) is 8.59. The number of anilines is 1. The summed E-state index contributed by atoms with van der Waals surface area (Å²) in [7, 11) is 0. The lowest BCUT2D eigenvalue weighted by atomic mass is 10.0. The number of aromatic nitrogens is 2. The number of ether oxygens (including phenoxy) is 1. The molecule has 3 rings (SSSR count). The van der Waals surface area contributed by atoms with Crippen LogP contribution < -0.4 is 4.90 Å². The second kappa shape index (κ2) is 9.41. The molecule has 0 N–H and O–H groups in total. The Bertz CT molecular complexity index is 950. The van der Waals surface area contributed by atoms with Crippen LogP contribution in [0.5, 0.6) is 0 Å². The number of amides is 1. The summed E-state index contributed by atoms with van der Waals surface area (Å²) in [5.74, 6) is 0.0597. The number of piperazine rings is 1. The molecule has 31 heavy (non-hydrogen) atoms. The number of ketones is 1. The largest absolute Gasteiger partial charge is 0.444 e. The van der Waals surface area contributed by atoms with Gasteiger partial charge in [0.15, 0.2) is 5.78 Å². The lowest BCUT2D eigenvalue weighted by Crippen LogP contribution is -2.50. The predicted molar refractivity (Wildman–Crippen MR) is 117 cm³/mol. The Morgan fingerprint density at radius 2 is 1.84 bits per heavy atom. The van der Waals surface area contributed by atoms with Crippen molar-refractivity contribution in [1.29, 1.82) is 0 Å². The van der Waals surface area contributed by atoms with Gasteiger partial charge in [0.2, 0.25) is 5.95 Å². The van der Waals surface area contributed by atoms with Crippen LogP contribution in [0.25, 0.3) is 11.3 Å². The maximum absolute atomic E-state index is 13.7. The fourth-order valence-corrected chi connectivity index (χ4v) is 3.36. The van der Waals surface area contributed by atoms with Crippen molar-refractivity contribution in [3.05, 3.63) is 42.0 Å². The van der Waals surface area contributed by atoms with Crippen LogP contribution in [0, 0.1) is 5.95 Å². The topological polar surface area (TPSA) is 75.6 Å². The van der Waals surface area contributed by atoms with E-state index in [0.717, 1.165) is 6.42 Å². The highest BCUT2D eigenvalue weighted by Crippen LogP contribution is 2.25. The molecule has 0 atom stereocenters. The summed E-state index contributed by atoms with van der Waals surface area (Å²) < 4.78 is 19.1. The fourth-order valence-electron chi connectivity index (χ4n) is 3.36. The summed E-state index contributed by atoms with van der Waals surface area (Å²) in [6.07, 6.45) is 2.22. The molecule has 166 valence electrons. The zero-order chi connectivity index (χ0) is 22.6. The van der Waals surface area contributed by atoms with E-state index in [9.17, 15) is 14.0 Å². The first-order valence-electron chi connectivity index (χ1n) is 10.6. The van der Waals surface area contributed by atoms with Gasteiger partial charge in [-0.15, -0.1) is 0 Å². The second-order valence-corrected chi connectivity index (χ2v) is 8.59. The van der Waals surface area contributed by atoms with Gasteiger partial charge in [0, 0.05) is 56.0 Å². The van der Waals surface area contributed by atoms with Crippen LogP contribution in [0.15, 0.2) is 30.5 Å². The lowest BCUT2D eigenvalue weighted by Gasteiger charge is -2.36. The number of Topliss-reactive ketones (excluding diaryl/α,β-unsaturated/α-hetero) is 1. The van der Waals surface area contributed by atoms with Gasteiger partial charge in [0.25, 0.3) is 0 Å². The molecule has 0 spiro atoms. The molecular formula is C23H29FN4O3. The van der Waals surface area contributed by atoms with Crippen LogP contribution in [0.4, 0.5) is 15.0 Å². The standard InChI is InChI=1S/C23H29FN4O3/c1-5-6-19(29)17-13-18(16-7-8-25-20(24)14-16)26-21(15-17)27-9-11-28(12-10-27)22(30)31-23(2,3)4/h7-8,13-15H,5-6,9-12H2,1-4H3. The third kappa shape index (κ3) is 5.99. The van der Waals surface area contributed by atoms with Crippen molar-refractivity contribution >= 4 is 17.7 Å². The molecule has 0 aliphatic carbocycles. The summed E-state index contributed by atoms with van der Waals surface area (Å²) in [6, 6.07) is 6.46. The monoisotopic (exact) mass is 428 g/mol. The van der Waals surface area contributed by atoms with Gasteiger partial charge >= 0.3 is 6.09 Å². The molecule has 1 saturated heterocycles. The molecular weight excluding hydrogens is 399 g/mol. The SMILES string of the molecule is CCCC(=O)c1cc(-c2ccnc(F)c2)nc(N2CCN(C(=O)OC(C)(C)C)CC2)c1. The van der Waals surface area contributed by atoms with E-state index in [1.807, 2.05) is 32.6 Å². The molecule has 3 heterocycles. The van der Waals surface area contributed by atoms with Crippen molar-refractivity contribution < 1.29 is 18.7 Å². The number of hydrogen-bond donors (Lipinski definition) is 0. The third-order valence-electron chi connectivity index (χ3n) is 4.89. The molecule has 1 amide bonds. The van der Waals surface area contributed by atoms with Crippen LogP contribution in [0.2, 0.25) is 0 Å². The molecule has 8 heteroatoms. The molecule has 7 nitrogen and oxygen atoms in total. The van der Waals surface area contributed by atoms with Gasteiger partial charge in [-0.05, 0) is 45.4 Å². The molecule has 0 saturated carbocycles. The van der Waals surface area contributed by atoms with E-state index in [1.54, 1.807) is 23.1 Å². The lowest BCUT2D eigenvalue weighted by molar-refractivity contribution is 0.0240. The van der Waals surface area contributed by atoms with Crippen molar-refractivity contribution in [2.45, 2.75) is 46.1 Å². The fraction of sp³-hybridized carbons (Fsp3) is 0.478. The smallest absolute Gasteiger partial charge is 0.410 e. The summed E-state index contributed by atoms with van der Waals surface area (Å²) in [5.41, 5.74) is 1.09. The highest BCUT2D eigenvalue weighted by atomic mass is 19.1. The molecule has 0 unspecified atom stereocenters. The molecule has 0 radical (unpaired) electrons. The summed E-state index contributed by atoms with van der Waals surface area (Å²) in [4.78, 5) is 36.9. The minimum Gasteiger partial charge on any atom is -0.444 e. The molecule has 2 aromatic heterocycles. The van der Waals surface area contributed by atoms with Crippen LogP contribution >= 0.6 is 0 Å². The van der Waals surface area contributed by atoms with Crippen molar-refractivity contribution in [3.63, 3.8) is 0 Å². The highest BCUT2D eigenvalue weighted by molar-refractivity contribution is 5.97. The van der Waals surface area contributed by atoms with Gasteiger partial charge in [-0.1, -0.05) is 6.92 Å². The van der Waals surface area contributed by atoms with E-state index >= 15 is 0 Å². The first-order chi connectivity index (χ1) is 14.7. The van der Waals surface area contributed by atoms with Crippen LogP contribution in [-0.4, -0.2) is 58.5 Å². The first kappa shape index (κ1) is 22.7. The van der Waals surface area contributed by atoms with Crippen molar-refractivity contribution in [2.24, 2.45) is 0 Å². The van der Waals surface area contributed by atoms with Crippen LogP contribution in [-0.2, 0) is 4.74 Å². The average Bonchev–Trinajstić information content (AvgIpc) is 2.72. The molecule has 1 fully saturated rings. The van der Waals surface area contributed by atoms with E-state index in [1.165, 1.54) is 12.3 Å². The third-order valence-corrected chi connectivity index (χ3v) is 4.89. The van der Waals surface area contributed by atoms with Gasteiger partial charge in [-0.25, -0.2) is 14.8 Å². The molecule has 0 bridgehead atoms. The molecule has 1 aliphatic rings. The number of hydrogen-bond acceptors (Lipinski definition) is 6. The number of carbonyl (C=O) groups excluding carboxylic acids is 2. The van der Waals surface area contributed by atoms with Gasteiger partial charge in [0.1, 0.15) is 11.4 Å². The zero-order valence-electron chi connectivity index (χ0n) is 18.5. The maximum atomic E-state index is 13.7. The Morgan fingerprint density at radius 1 is 1.13 bits per heavy atom. The van der Waals surface area contributed by atoms with Crippen molar-refractivity contribution in [1.82, 2.24) is 14.9 Å². The van der Waals surface area contributed by atoms with E-state index in [2.05, 4.69) is 9.97 Å². The van der Waals surface area contributed by atoms with Gasteiger partial charge < -0.3 is 14.5 Å². The van der Waals surface area contributed by atoms with Crippen molar-refractivity contribution in [3.8, 4) is 11.3 Å². The summed E-state index contributed by atoms with van der Waals surface area (Å²) >= 11 is 0. The zero-order valence-corrected chi connectivity index (χ0v) is 18.5. The molecule has 0 aromatic carbocycles. The van der Waals surface area contributed by atoms with E-state index < -0.39 is 11.5 Å². The van der Waals surface area contributed by atoms with Crippen LogP contribution in [0.1, 0.15) is 50.9 Å². The van der Waals surface area contributed by atoms with E-state index in [4.69, 9.17) is 4.74 Å². The number of pyridine rings is 2. The summed E-state index contributed by atoms with van der Waals surface area (Å²) in [6.45, 7) is 9.57. The van der Waals surface area contributed by atoms with Gasteiger partial charge in [-0.2, -0.15) is 4.39 Å². The Balaban J connectivity index is 1.84. The van der Waals surface area contributed by atoms with Crippen LogP contribution in [0.3, 0.4) is 0 Å². The first-order valence-corrected chi connectivity index (χ1v) is 10.6. The minimum atomic E-state index is -0.600. The number of rotatable bonds is 5. The Labute approximate surface area is 182 Å². The Hall–Kier alpha value is -3.03. The molecule has 1 aliphatic heterocycles. The number of carbonyl (C=O) groups is 2. The average molecular weight is 429 g/mol. The van der Waals surface area contributed by atoms with Crippen molar-refractivity contribution in [2.75, 3.05) is 31.1 Å². The Kier molecular flexibility index (Phi) is 6.87. The van der Waals surface area contributed by atoms with Gasteiger partial charge in [0.05, 0.1) is 5.69 Å². The number of nitrogens with zero attached hydrogens (tertiary/aromatic N) is 4. The quantitative estimate of drug-likeness (QED) is 0.521. The normalized spacial score (nSPS) is 14.5. The van der Waals surface area contributed by atoms with E-state index in [-0.39, 0.29) is 11.9 Å². The predicted octanol–water partition coefficient (Wildman–Crippen LogP) is 4.32. The highest BCUT2D eigenvalue weighted by Gasteiger charge is 2.27. The Morgan fingerprint density at radius 3 is 2.45 bits per heavy atom.